The molecule has 2 N–H and O–H groups in total. The van der Waals surface area contributed by atoms with E-state index in [1.54, 1.807) is 12.1 Å². The SMILES string of the molecule is CCCNC(=O)CNc1ccc(OCC)cc1S(C)(=O)=O. The summed E-state index contributed by atoms with van der Waals surface area (Å²) in [5.41, 5.74) is 0.396. The van der Waals surface area contributed by atoms with Crippen LogP contribution in [0.3, 0.4) is 0 Å². The second-order valence-electron chi connectivity index (χ2n) is 4.57. The molecule has 0 saturated carbocycles. The summed E-state index contributed by atoms with van der Waals surface area (Å²) in [5, 5.41) is 5.57. The predicted molar refractivity (Wildman–Crippen MR) is 82.5 cm³/mol. The van der Waals surface area contributed by atoms with Crippen LogP contribution in [-0.2, 0) is 14.6 Å². The molecule has 0 saturated heterocycles. The van der Waals surface area contributed by atoms with Crippen molar-refractivity contribution in [2.45, 2.75) is 25.2 Å². The maximum absolute atomic E-state index is 11.8. The van der Waals surface area contributed by atoms with Crippen LogP contribution < -0.4 is 15.4 Å². The van der Waals surface area contributed by atoms with E-state index in [0.717, 1.165) is 12.7 Å². The Morgan fingerprint density at radius 2 is 2.00 bits per heavy atom. The van der Waals surface area contributed by atoms with Crippen molar-refractivity contribution < 1.29 is 17.9 Å². The molecule has 0 bridgehead atoms. The molecule has 0 aliphatic carbocycles. The van der Waals surface area contributed by atoms with E-state index in [-0.39, 0.29) is 17.3 Å². The smallest absolute Gasteiger partial charge is 0.239 e. The molecule has 1 amide bonds. The average molecular weight is 314 g/mol. The van der Waals surface area contributed by atoms with Crippen LogP contribution in [0.1, 0.15) is 20.3 Å². The normalized spacial score (nSPS) is 11.0. The number of hydrogen-bond donors (Lipinski definition) is 2. The number of rotatable bonds is 8. The highest BCUT2D eigenvalue weighted by atomic mass is 32.2. The van der Waals surface area contributed by atoms with Gasteiger partial charge in [0.15, 0.2) is 9.84 Å². The highest BCUT2D eigenvalue weighted by molar-refractivity contribution is 7.90. The van der Waals surface area contributed by atoms with E-state index >= 15 is 0 Å². The van der Waals surface area contributed by atoms with Gasteiger partial charge in [0.2, 0.25) is 5.91 Å². The molecule has 21 heavy (non-hydrogen) atoms. The number of hydrogen-bond acceptors (Lipinski definition) is 5. The number of ether oxygens (including phenoxy) is 1. The van der Waals surface area contributed by atoms with Gasteiger partial charge in [-0.15, -0.1) is 0 Å². The van der Waals surface area contributed by atoms with Crippen molar-refractivity contribution in [2.24, 2.45) is 0 Å². The summed E-state index contributed by atoms with van der Waals surface area (Å²) in [6, 6.07) is 4.74. The van der Waals surface area contributed by atoms with Crippen LogP contribution in [-0.4, -0.2) is 40.3 Å². The van der Waals surface area contributed by atoms with Gasteiger partial charge in [-0.2, -0.15) is 0 Å². The highest BCUT2D eigenvalue weighted by Crippen LogP contribution is 2.26. The molecule has 0 spiro atoms. The third kappa shape index (κ3) is 5.63. The van der Waals surface area contributed by atoms with Crippen molar-refractivity contribution >= 4 is 21.4 Å². The number of sulfone groups is 1. The molecule has 6 nitrogen and oxygen atoms in total. The Morgan fingerprint density at radius 3 is 2.57 bits per heavy atom. The van der Waals surface area contributed by atoms with Gasteiger partial charge in [0.05, 0.1) is 23.7 Å². The number of amides is 1. The van der Waals surface area contributed by atoms with Crippen LogP contribution in [0.4, 0.5) is 5.69 Å². The molecule has 0 aliphatic heterocycles. The number of carbonyl (C=O) groups is 1. The summed E-state index contributed by atoms with van der Waals surface area (Å²) in [6.07, 6.45) is 1.98. The van der Waals surface area contributed by atoms with Gasteiger partial charge in [0, 0.05) is 18.9 Å². The number of anilines is 1. The van der Waals surface area contributed by atoms with Gasteiger partial charge in [-0.1, -0.05) is 6.92 Å². The first kappa shape index (κ1) is 17.3. The third-order valence-electron chi connectivity index (χ3n) is 2.68. The predicted octanol–water partition coefficient (Wildman–Crippen LogP) is 1.43. The van der Waals surface area contributed by atoms with Gasteiger partial charge in [-0.25, -0.2) is 8.42 Å². The Labute approximate surface area is 125 Å². The molecule has 7 heteroatoms. The van der Waals surface area contributed by atoms with Crippen LogP contribution in [0.15, 0.2) is 23.1 Å². The van der Waals surface area contributed by atoms with Crippen molar-refractivity contribution in [1.29, 1.82) is 0 Å². The van der Waals surface area contributed by atoms with E-state index in [9.17, 15) is 13.2 Å². The molecule has 0 heterocycles. The molecular formula is C14H22N2O4S. The molecule has 118 valence electrons. The lowest BCUT2D eigenvalue weighted by molar-refractivity contribution is -0.119. The zero-order valence-electron chi connectivity index (χ0n) is 12.6. The summed E-state index contributed by atoms with van der Waals surface area (Å²) in [5.74, 6) is 0.309. The maximum Gasteiger partial charge on any atom is 0.239 e. The summed E-state index contributed by atoms with van der Waals surface area (Å²) in [6.45, 7) is 4.86. The van der Waals surface area contributed by atoms with Crippen LogP contribution >= 0.6 is 0 Å². The Morgan fingerprint density at radius 1 is 1.29 bits per heavy atom. The molecule has 0 aromatic heterocycles. The van der Waals surface area contributed by atoms with Crippen LogP contribution in [0.5, 0.6) is 5.75 Å². The fourth-order valence-electron chi connectivity index (χ4n) is 1.71. The first-order valence-corrected chi connectivity index (χ1v) is 8.75. The summed E-state index contributed by atoms with van der Waals surface area (Å²) in [4.78, 5) is 11.7. The topological polar surface area (TPSA) is 84.5 Å². The van der Waals surface area contributed by atoms with E-state index < -0.39 is 9.84 Å². The molecular weight excluding hydrogens is 292 g/mol. The first-order chi connectivity index (χ1) is 9.88. The molecule has 1 rings (SSSR count). The minimum Gasteiger partial charge on any atom is -0.494 e. The van der Waals surface area contributed by atoms with E-state index in [4.69, 9.17) is 4.74 Å². The first-order valence-electron chi connectivity index (χ1n) is 6.86. The number of carbonyl (C=O) groups excluding carboxylic acids is 1. The zero-order valence-corrected chi connectivity index (χ0v) is 13.4. The van der Waals surface area contributed by atoms with E-state index in [1.165, 1.54) is 6.07 Å². The lowest BCUT2D eigenvalue weighted by atomic mass is 10.3. The molecule has 0 atom stereocenters. The minimum absolute atomic E-state index is 0.0243. The van der Waals surface area contributed by atoms with E-state index in [2.05, 4.69) is 10.6 Å². The van der Waals surface area contributed by atoms with Crippen molar-refractivity contribution in [1.82, 2.24) is 5.32 Å². The Bertz CT molecular complexity index is 585. The van der Waals surface area contributed by atoms with Crippen molar-refractivity contribution in [3.63, 3.8) is 0 Å². The standard InChI is InChI=1S/C14H22N2O4S/c1-4-8-15-14(17)10-16-12-7-6-11(20-5-2)9-13(12)21(3,18)19/h6-7,9,16H,4-5,8,10H2,1-3H3,(H,15,17). The summed E-state index contributed by atoms with van der Waals surface area (Å²) in [7, 11) is -3.41. The molecule has 1 aromatic carbocycles. The number of benzene rings is 1. The zero-order chi connectivity index (χ0) is 15.9. The second-order valence-corrected chi connectivity index (χ2v) is 6.55. The summed E-state index contributed by atoms with van der Waals surface area (Å²) >= 11 is 0. The number of nitrogens with one attached hydrogen (secondary N) is 2. The molecule has 0 fully saturated rings. The van der Waals surface area contributed by atoms with Crippen LogP contribution in [0.2, 0.25) is 0 Å². The second kappa shape index (κ2) is 7.87. The van der Waals surface area contributed by atoms with Gasteiger partial charge < -0.3 is 15.4 Å². The lowest BCUT2D eigenvalue weighted by Crippen LogP contribution is -2.30. The van der Waals surface area contributed by atoms with Crippen LogP contribution in [0, 0.1) is 0 Å². The quantitative estimate of drug-likeness (QED) is 0.758. The monoisotopic (exact) mass is 314 g/mol. The molecule has 1 aromatic rings. The minimum atomic E-state index is -3.41. The van der Waals surface area contributed by atoms with Gasteiger partial charge in [0.25, 0.3) is 0 Å². The summed E-state index contributed by atoms with van der Waals surface area (Å²) < 4.78 is 29.0. The van der Waals surface area contributed by atoms with Crippen molar-refractivity contribution in [3.05, 3.63) is 18.2 Å². The molecule has 0 unspecified atom stereocenters. The third-order valence-corrected chi connectivity index (χ3v) is 3.81. The Balaban J connectivity index is 2.88. The Kier molecular flexibility index (Phi) is 6.48. The highest BCUT2D eigenvalue weighted by Gasteiger charge is 2.15. The van der Waals surface area contributed by atoms with Gasteiger partial charge >= 0.3 is 0 Å². The van der Waals surface area contributed by atoms with E-state index in [0.29, 0.717) is 24.6 Å². The van der Waals surface area contributed by atoms with Crippen molar-refractivity contribution in [3.8, 4) is 5.75 Å². The maximum atomic E-state index is 11.8. The van der Waals surface area contributed by atoms with Gasteiger partial charge in [-0.05, 0) is 25.5 Å². The van der Waals surface area contributed by atoms with Crippen molar-refractivity contribution in [2.75, 3.05) is 31.3 Å². The van der Waals surface area contributed by atoms with Crippen LogP contribution in [0.25, 0.3) is 0 Å². The van der Waals surface area contributed by atoms with Gasteiger partial charge in [-0.3, -0.25) is 4.79 Å². The molecule has 0 aliphatic rings. The van der Waals surface area contributed by atoms with E-state index in [1.807, 2.05) is 13.8 Å². The largest absolute Gasteiger partial charge is 0.494 e. The Hall–Kier alpha value is -1.76. The van der Waals surface area contributed by atoms with Gasteiger partial charge in [0.1, 0.15) is 5.75 Å². The lowest BCUT2D eigenvalue weighted by Gasteiger charge is -2.13. The average Bonchev–Trinajstić information content (AvgIpc) is 2.43. The molecule has 0 radical (unpaired) electrons. The fourth-order valence-corrected chi connectivity index (χ4v) is 2.58. The fraction of sp³-hybridized carbons (Fsp3) is 0.500.